The average Bonchev–Trinajstić information content (AvgIpc) is 3.11. The number of anilines is 1. The number of benzene rings is 1. The van der Waals surface area contributed by atoms with Gasteiger partial charge in [-0.3, -0.25) is 4.79 Å². The third kappa shape index (κ3) is 3.81. The van der Waals surface area contributed by atoms with Crippen molar-refractivity contribution in [2.75, 3.05) is 37.6 Å². The highest BCUT2D eigenvalue weighted by Gasteiger charge is 2.32. The first-order chi connectivity index (χ1) is 14.0. The van der Waals surface area contributed by atoms with Crippen molar-refractivity contribution in [1.82, 2.24) is 14.9 Å². The number of hydrogen-bond donors (Lipinski definition) is 1. The van der Waals surface area contributed by atoms with E-state index in [1.54, 1.807) is 23.4 Å². The van der Waals surface area contributed by atoms with Crippen molar-refractivity contribution < 1.29 is 9.18 Å². The molecule has 2 atom stereocenters. The molecule has 1 fully saturated rings. The Morgan fingerprint density at radius 2 is 2.07 bits per heavy atom. The summed E-state index contributed by atoms with van der Waals surface area (Å²) in [6, 6.07) is 4.36. The second-order valence-corrected chi connectivity index (χ2v) is 8.20. The van der Waals surface area contributed by atoms with Gasteiger partial charge in [0, 0.05) is 54.6 Å². The number of fused-ring (bicyclic) bond motifs is 1. The summed E-state index contributed by atoms with van der Waals surface area (Å²) < 4.78 is 14.3. The number of rotatable bonds is 4. The number of hydrogen-bond acceptors (Lipinski definition) is 5. The maximum absolute atomic E-state index is 14.3. The first-order valence-corrected chi connectivity index (χ1v) is 10.4. The van der Waals surface area contributed by atoms with Gasteiger partial charge in [-0.2, -0.15) is 0 Å². The van der Waals surface area contributed by atoms with Crippen molar-refractivity contribution in [2.45, 2.75) is 31.6 Å². The van der Waals surface area contributed by atoms with Gasteiger partial charge in [-0.15, -0.1) is 0 Å². The molecule has 1 saturated heterocycles. The quantitative estimate of drug-likeness (QED) is 0.827. The van der Waals surface area contributed by atoms with Gasteiger partial charge in [0.25, 0.3) is 0 Å². The molecule has 2 aliphatic rings. The zero-order valence-electron chi connectivity index (χ0n) is 16.4. The predicted octanol–water partition coefficient (Wildman–Crippen LogP) is 2.71. The summed E-state index contributed by atoms with van der Waals surface area (Å²) in [7, 11) is 0. The smallest absolute Gasteiger partial charge is 0.231 e. The lowest BCUT2D eigenvalue weighted by molar-refractivity contribution is -0.133. The molecule has 2 heterocycles. The minimum atomic E-state index is -0.706. The number of aromatic nitrogens is 2. The minimum Gasteiger partial charge on any atom is -0.353 e. The largest absolute Gasteiger partial charge is 0.353 e. The molecule has 0 unspecified atom stereocenters. The monoisotopic (exact) mass is 417 g/mol. The summed E-state index contributed by atoms with van der Waals surface area (Å²) in [6.07, 6.45) is 3.73. The molecule has 4 rings (SSSR count). The maximum atomic E-state index is 14.3. The fraction of sp³-hybridized carbons (Fsp3) is 0.476. The van der Waals surface area contributed by atoms with E-state index < -0.39 is 11.7 Å². The van der Waals surface area contributed by atoms with Gasteiger partial charge in [-0.1, -0.05) is 24.6 Å². The molecule has 2 N–H and O–H groups in total. The Balaban J connectivity index is 1.47. The molecule has 0 bridgehead atoms. The number of aryl methyl sites for hydroxylation is 1. The molecule has 0 saturated carbocycles. The molecule has 1 amide bonds. The molecule has 6 nitrogen and oxygen atoms in total. The SMILES string of the molecule is C[C@@H]1CCc2ncnc(N3CCN(C(=O)[C@H](CN)c4ccc(Cl)cc4F)CC3)c21. The highest BCUT2D eigenvalue weighted by Crippen LogP contribution is 2.37. The van der Waals surface area contributed by atoms with Gasteiger partial charge in [-0.25, -0.2) is 14.4 Å². The van der Waals surface area contributed by atoms with Gasteiger partial charge in [0.1, 0.15) is 18.0 Å². The van der Waals surface area contributed by atoms with Crippen molar-refractivity contribution in [3.05, 3.63) is 52.2 Å². The van der Waals surface area contributed by atoms with Crippen LogP contribution in [0.1, 0.15) is 42.0 Å². The van der Waals surface area contributed by atoms with Crippen molar-refractivity contribution in [3.8, 4) is 0 Å². The van der Waals surface area contributed by atoms with E-state index in [-0.39, 0.29) is 12.5 Å². The number of piperazine rings is 1. The van der Waals surface area contributed by atoms with Crippen LogP contribution in [0, 0.1) is 5.82 Å². The van der Waals surface area contributed by atoms with E-state index in [0.717, 1.165) is 24.4 Å². The fourth-order valence-corrected chi connectivity index (χ4v) is 4.54. The van der Waals surface area contributed by atoms with E-state index in [0.29, 0.717) is 42.7 Å². The second kappa shape index (κ2) is 8.24. The molecule has 1 aromatic carbocycles. The Kier molecular flexibility index (Phi) is 5.69. The van der Waals surface area contributed by atoms with E-state index in [2.05, 4.69) is 21.8 Å². The van der Waals surface area contributed by atoms with E-state index in [1.807, 2.05) is 0 Å². The number of halogens is 2. The van der Waals surface area contributed by atoms with Gasteiger partial charge in [0.15, 0.2) is 0 Å². The minimum absolute atomic E-state index is 0.0501. The molecule has 1 aliphatic carbocycles. The van der Waals surface area contributed by atoms with Crippen LogP contribution < -0.4 is 10.6 Å². The van der Waals surface area contributed by atoms with E-state index in [1.165, 1.54) is 11.6 Å². The predicted molar refractivity (Wildman–Crippen MR) is 111 cm³/mol. The van der Waals surface area contributed by atoms with E-state index >= 15 is 0 Å². The second-order valence-electron chi connectivity index (χ2n) is 7.76. The topological polar surface area (TPSA) is 75.4 Å². The van der Waals surface area contributed by atoms with Crippen LogP contribution in [0.5, 0.6) is 0 Å². The molecule has 2 aromatic rings. The Morgan fingerprint density at radius 1 is 1.31 bits per heavy atom. The first-order valence-electron chi connectivity index (χ1n) is 10.0. The highest BCUT2D eigenvalue weighted by atomic mass is 35.5. The third-order valence-corrected chi connectivity index (χ3v) is 6.25. The fourth-order valence-electron chi connectivity index (χ4n) is 4.38. The Bertz CT molecular complexity index is 916. The summed E-state index contributed by atoms with van der Waals surface area (Å²) in [5.41, 5.74) is 8.52. The normalized spacial score (nSPS) is 19.9. The molecule has 8 heteroatoms. The van der Waals surface area contributed by atoms with Crippen LogP contribution in [-0.2, 0) is 11.2 Å². The summed E-state index contributed by atoms with van der Waals surface area (Å²) >= 11 is 5.84. The highest BCUT2D eigenvalue weighted by molar-refractivity contribution is 6.30. The first kappa shape index (κ1) is 20.0. The number of nitrogens with two attached hydrogens (primary N) is 1. The van der Waals surface area contributed by atoms with Crippen LogP contribution in [-0.4, -0.2) is 53.5 Å². The molecule has 1 aliphatic heterocycles. The van der Waals surface area contributed by atoms with Gasteiger partial charge >= 0.3 is 0 Å². The van der Waals surface area contributed by atoms with Crippen LogP contribution in [0.2, 0.25) is 5.02 Å². The van der Waals surface area contributed by atoms with Crippen LogP contribution >= 0.6 is 11.6 Å². The standard InChI is InChI=1S/C21H25ClFN5O/c1-13-2-5-18-19(13)20(26-12-25-18)27-6-8-28(9-7-27)21(29)16(11-24)15-4-3-14(22)10-17(15)23/h3-4,10,12-13,16H,2,5-9,11,24H2,1H3/t13-,16-/m1/s1. The number of carbonyl (C=O) groups is 1. The van der Waals surface area contributed by atoms with Gasteiger partial charge in [0.2, 0.25) is 5.91 Å². The lowest BCUT2D eigenvalue weighted by Gasteiger charge is -2.37. The maximum Gasteiger partial charge on any atom is 0.231 e. The summed E-state index contributed by atoms with van der Waals surface area (Å²) in [5, 5.41) is 0.301. The van der Waals surface area contributed by atoms with E-state index in [4.69, 9.17) is 17.3 Å². The average molecular weight is 418 g/mol. The molecule has 29 heavy (non-hydrogen) atoms. The lowest BCUT2D eigenvalue weighted by Crippen LogP contribution is -2.51. The summed E-state index contributed by atoms with van der Waals surface area (Å²) in [5.74, 6) is 0.101. The summed E-state index contributed by atoms with van der Waals surface area (Å²) in [4.78, 5) is 26.0. The third-order valence-electron chi connectivity index (χ3n) is 6.01. The zero-order chi connectivity index (χ0) is 20.5. The molecule has 154 valence electrons. The van der Waals surface area contributed by atoms with Gasteiger partial charge in [-0.05, 0) is 30.9 Å². The Hall–Kier alpha value is -2.25. The van der Waals surface area contributed by atoms with Crippen LogP contribution in [0.25, 0.3) is 0 Å². The molecular weight excluding hydrogens is 393 g/mol. The van der Waals surface area contributed by atoms with Crippen molar-refractivity contribution in [2.24, 2.45) is 5.73 Å². The van der Waals surface area contributed by atoms with Crippen LogP contribution in [0.15, 0.2) is 24.5 Å². The van der Waals surface area contributed by atoms with Gasteiger partial charge < -0.3 is 15.5 Å². The molecular formula is C21H25ClFN5O. The van der Waals surface area contributed by atoms with Crippen molar-refractivity contribution in [1.29, 1.82) is 0 Å². The Labute approximate surface area is 174 Å². The van der Waals surface area contributed by atoms with Crippen LogP contribution in [0.4, 0.5) is 10.2 Å². The summed E-state index contributed by atoms with van der Waals surface area (Å²) in [6.45, 7) is 4.74. The molecule has 0 radical (unpaired) electrons. The van der Waals surface area contributed by atoms with Gasteiger partial charge in [0.05, 0.1) is 5.92 Å². The Morgan fingerprint density at radius 3 is 2.76 bits per heavy atom. The van der Waals surface area contributed by atoms with Crippen LogP contribution in [0.3, 0.4) is 0 Å². The van der Waals surface area contributed by atoms with Crippen molar-refractivity contribution >= 4 is 23.3 Å². The van der Waals surface area contributed by atoms with E-state index in [9.17, 15) is 9.18 Å². The number of carbonyl (C=O) groups excluding carboxylic acids is 1. The molecule has 0 spiro atoms. The number of amides is 1. The van der Waals surface area contributed by atoms with Crippen molar-refractivity contribution in [3.63, 3.8) is 0 Å². The zero-order valence-corrected chi connectivity index (χ0v) is 17.2. The lowest BCUT2D eigenvalue weighted by atomic mass is 9.96. The molecule has 1 aromatic heterocycles. The number of nitrogens with zero attached hydrogens (tertiary/aromatic N) is 4.